The second-order valence-electron chi connectivity index (χ2n) is 7.07. The summed E-state index contributed by atoms with van der Waals surface area (Å²) in [5.41, 5.74) is 2.15. The third-order valence-corrected chi connectivity index (χ3v) is 6.47. The van der Waals surface area contributed by atoms with Crippen LogP contribution in [-0.2, 0) is 11.2 Å². The molecule has 2 atom stereocenters. The van der Waals surface area contributed by atoms with Crippen molar-refractivity contribution in [1.29, 1.82) is 0 Å². The Morgan fingerprint density at radius 2 is 2.15 bits per heavy atom. The van der Waals surface area contributed by atoms with E-state index in [1.807, 2.05) is 11.0 Å². The number of aromatic nitrogens is 1. The number of thiazole rings is 1. The van der Waals surface area contributed by atoms with Gasteiger partial charge in [0.1, 0.15) is 5.75 Å². The van der Waals surface area contributed by atoms with Gasteiger partial charge >= 0.3 is 6.03 Å². The monoisotopic (exact) mass is 374 g/mol. The van der Waals surface area contributed by atoms with Gasteiger partial charge in [0.2, 0.25) is 0 Å². The average molecular weight is 374 g/mol. The van der Waals surface area contributed by atoms with Crippen molar-refractivity contribution >= 4 is 32.7 Å². The molecule has 1 N–H and O–H groups in total. The van der Waals surface area contributed by atoms with Crippen molar-refractivity contribution in [1.82, 2.24) is 15.2 Å². The second-order valence-corrected chi connectivity index (χ2v) is 8.08. The van der Waals surface area contributed by atoms with Crippen molar-refractivity contribution in [2.24, 2.45) is 0 Å². The zero-order chi connectivity index (χ0) is 17.7. The number of carbonyl (C=O) groups is 1. The molecule has 0 unspecified atom stereocenters. The number of amides is 2. The topological polar surface area (TPSA) is 66.9 Å². The summed E-state index contributed by atoms with van der Waals surface area (Å²) in [5.74, 6) is 0.929. The van der Waals surface area contributed by atoms with Crippen LogP contribution in [0.5, 0.6) is 5.75 Å². The molecule has 0 radical (unpaired) electrons. The van der Waals surface area contributed by atoms with E-state index in [1.165, 1.54) is 5.56 Å². The highest BCUT2D eigenvalue weighted by molar-refractivity contribution is 7.22. The standard InChI is InChI=1S/C18H22N4O3S/c1-11-13(10-21-5-8-24-9-6-21)22(17(23)19-11)18-20-16-12-4-7-25-14(12)2-3-15(16)26-18/h2-3,11,13H,4-10H2,1H3,(H,19,23)/t11-,13-/m1/s1. The number of benzene rings is 1. The van der Waals surface area contributed by atoms with Crippen LogP contribution >= 0.6 is 11.3 Å². The molecule has 0 saturated carbocycles. The zero-order valence-corrected chi connectivity index (χ0v) is 15.6. The molecule has 0 bridgehead atoms. The van der Waals surface area contributed by atoms with Crippen LogP contribution in [0.4, 0.5) is 9.93 Å². The number of hydrogen-bond donors (Lipinski definition) is 1. The summed E-state index contributed by atoms with van der Waals surface area (Å²) < 4.78 is 12.2. The van der Waals surface area contributed by atoms with E-state index in [9.17, 15) is 4.79 Å². The van der Waals surface area contributed by atoms with Gasteiger partial charge in [-0.3, -0.25) is 9.80 Å². The molecular formula is C18H22N4O3S. The molecule has 138 valence electrons. The van der Waals surface area contributed by atoms with E-state index in [2.05, 4.69) is 23.2 Å². The van der Waals surface area contributed by atoms with Gasteiger partial charge in [0.25, 0.3) is 0 Å². The molecule has 5 rings (SSSR count). The fourth-order valence-corrected chi connectivity index (χ4v) is 5.06. The molecule has 0 spiro atoms. The summed E-state index contributed by atoms with van der Waals surface area (Å²) in [6, 6.07) is 4.18. The highest BCUT2D eigenvalue weighted by Gasteiger charge is 2.40. The number of carbonyl (C=O) groups excluding carboxylic acids is 1. The first-order chi connectivity index (χ1) is 12.7. The molecule has 26 heavy (non-hydrogen) atoms. The minimum absolute atomic E-state index is 0.0530. The van der Waals surface area contributed by atoms with E-state index >= 15 is 0 Å². The lowest BCUT2D eigenvalue weighted by molar-refractivity contribution is 0.0349. The third-order valence-electron chi connectivity index (χ3n) is 5.45. The van der Waals surface area contributed by atoms with Crippen LogP contribution in [0.3, 0.4) is 0 Å². The van der Waals surface area contributed by atoms with Gasteiger partial charge < -0.3 is 14.8 Å². The van der Waals surface area contributed by atoms with E-state index in [0.29, 0.717) is 6.61 Å². The molecule has 2 saturated heterocycles. The maximum Gasteiger partial charge on any atom is 0.324 e. The van der Waals surface area contributed by atoms with Gasteiger partial charge in [0, 0.05) is 31.6 Å². The van der Waals surface area contributed by atoms with Gasteiger partial charge in [-0.05, 0) is 19.1 Å². The Labute approximate surface area is 155 Å². The Hall–Kier alpha value is -1.90. The fourth-order valence-electron chi connectivity index (χ4n) is 4.01. The van der Waals surface area contributed by atoms with Gasteiger partial charge in [-0.1, -0.05) is 11.3 Å². The van der Waals surface area contributed by atoms with Crippen LogP contribution < -0.4 is 15.0 Å². The summed E-state index contributed by atoms with van der Waals surface area (Å²) in [7, 11) is 0. The van der Waals surface area contributed by atoms with E-state index < -0.39 is 0 Å². The number of fused-ring (bicyclic) bond motifs is 3. The number of urea groups is 1. The Morgan fingerprint density at radius 3 is 3.00 bits per heavy atom. The van der Waals surface area contributed by atoms with Gasteiger partial charge in [0.05, 0.1) is 42.1 Å². The van der Waals surface area contributed by atoms with Gasteiger partial charge in [-0.25, -0.2) is 9.78 Å². The molecule has 4 heterocycles. The predicted octanol–water partition coefficient (Wildman–Crippen LogP) is 1.85. The van der Waals surface area contributed by atoms with Crippen molar-refractivity contribution < 1.29 is 14.3 Å². The number of anilines is 1. The largest absolute Gasteiger partial charge is 0.493 e. The molecular weight excluding hydrogens is 352 g/mol. The van der Waals surface area contributed by atoms with E-state index in [0.717, 1.165) is 60.4 Å². The molecule has 1 aromatic heterocycles. The quantitative estimate of drug-likeness (QED) is 0.888. The Morgan fingerprint density at radius 1 is 1.31 bits per heavy atom. The maximum atomic E-state index is 12.7. The lowest BCUT2D eigenvalue weighted by atomic mass is 10.1. The predicted molar refractivity (Wildman–Crippen MR) is 100 cm³/mol. The first kappa shape index (κ1) is 16.3. The van der Waals surface area contributed by atoms with Crippen molar-refractivity contribution in [3.63, 3.8) is 0 Å². The zero-order valence-electron chi connectivity index (χ0n) is 14.7. The molecule has 2 aromatic rings. The summed E-state index contributed by atoms with van der Waals surface area (Å²) in [5, 5.41) is 3.85. The number of rotatable bonds is 3. The van der Waals surface area contributed by atoms with E-state index in [4.69, 9.17) is 14.5 Å². The lowest BCUT2D eigenvalue weighted by Gasteiger charge is -2.32. The Kier molecular flexibility index (Phi) is 3.99. The van der Waals surface area contributed by atoms with Crippen LogP contribution in [0.1, 0.15) is 12.5 Å². The van der Waals surface area contributed by atoms with Crippen molar-refractivity contribution in [2.45, 2.75) is 25.4 Å². The van der Waals surface area contributed by atoms with Crippen LogP contribution in [0.25, 0.3) is 10.2 Å². The molecule has 0 aliphatic carbocycles. The van der Waals surface area contributed by atoms with Gasteiger partial charge in [0.15, 0.2) is 5.13 Å². The van der Waals surface area contributed by atoms with E-state index in [1.54, 1.807) is 11.3 Å². The van der Waals surface area contributed by atoms with Crippen LogP contribution in [0.2, 0.25) is 0 Å². The first-order valence-electron chi connectivity index (χ1n) is 9.16. The highest BCUT2D eigenvalue weighted by atomic mass is 32.1. The molecule has 2 fully saturated rings. The minimum atomic E-state index is -0.0530. The fraction of sp³-hybridized carbons (Fsp3) is 0.556. The number of nitrogens with zero attached hydrogens (tertiary/aromatic N) is 3. The van der Waals surface area contributed by atoms with Gasteiger partial charge in [-0.15, -0.1) is 0 Å². The van der Waals surface area contributed by atoms with E-state index in [-0.39, 0.29) is 18.1 Å². The average Bonchev–Trinajstić information content (AvgIpc) is 3.33. The molecule has 7 nitrogen and oxygen atoms in total. The molecule has 1 aromatic carbocycles. The Bertz CT molecular complexity index is 848. The SMILES string of the molecule is C[C@H]1NC(=O)N(c2nc3c4c(ccc3s2)OCC4)[C@@H]1CN1CCOCC1. The van der Waals surface area contributed by atoms with Crippen molar-refractivity contribution in [2.75, 3.05) is 44.4 Å². The molecule has 8 heteroatoms. The number of morpholine rings is 1. The number of hydrogen-bond acceptors (Lipinski definition) is 6. The summed E-state index contributed by atoms with van der Waals surface area (Å²) in [6.45, 7) is 6.96. The molecule has 3 aliphatic heterocycles. The summed E-state index contributed by atoms with van der Waals surface area (Å²) >= 11 is 1.59. The summed E-state index contributed by atoms with van der Waals surface area (Å²) in [6.07, 6.45) is 0.885. The Balaban J connectivity index is 1.48. The number of nitrogens with one attached hydrogen (secondary N) is 1. The highest BCUT2D eigenvalue weighted by Crippen LogP contribution is 2.39. The second kappa shape index (κ2) is 6.37. The van der Waals surface area contributed by atoms with Crippen LogP contribution in [0, 0.1) is 0 Å². The first-order valence-corrected chi connectivity index (χ1v) is 9.97. The normalized spacial score (nSPS) is 26.2. The number of ether oxygens (including phenoxy) is 2. The van der Waals surface area contributed by atoms with Crippen molar-refractivity contribution in [3.05, 3.63) is 17.7 Å². The minimum Gasteiger partial charge on any atom is -0.493 e. The van der Waals surface area contributed by atoms with Gasteiger partial charge in [-0.2, -0.15) is 0 Å². The molecule has 3 aliphatic rings. The third kappa shape index (κ3) is 2.64. The lowest BCUT2D eigenvalue weighted by Crippen LogP contribution is -2.48. The summed E-state index contributed by atoms with van der Waals surface area (Å²) in [4.78, 5) is 21.7. The van der Waals surface area contributed by atoms with Crippen molar-refractivity contribution in [3.8, 4) is 5.75 Å². The van der Waals surface area contributed by atoms with Crippen LogP contribution in [-0.4, -0.2) is 67.5 Å². The maximum absolute atomic E-state index is 12.7. The van der Waals surface area contributed by atoms with Crippen LogP contribution in [0.15, 0.2) is 12.1 Å². The molecule has 2 amide bonds. The smallest absolute Gasteiger partial charge is 0.324 e.